The second-order valence-electron chi connectivity index (χ2n) is 6.48. The molecule has 0 unspecified atom stereocenters. The van der Waals surface area contributed by atoms with E-state index in [2.05, 4.69) is 9.97 Å². The number of aromatic nitrogens is 2. The number of carbonyl (C=O) groups is 1. The molecule has 0 bridgehead atoms. The van der Waals surface area contributed by atoms with Crippen LogP contribution in [0.25, 0.3) is 11.4 Å². The lowest BCUT2D eigenvalue weighted by Gasteiger charge is -2.18. The molecular formula is C21H17ClFN3O3. The van der Waals surface area contributed by atoms with Crippen LogP contribution in [-0.2, 0) is 13.1 Å². The van der Waals surface area contributed by atoms with Crippen LogP contribution in [0.2, 0.25) is 5.15 Å². The van der Waals surface area contributed by atoms with Crippen LogP contribution in [0.4, 0.5) is 4.39 Å². The number of hydrogen-bond donors (Lipinski definition) is 0. The van der Waals surface area contributed by atoms with Crippen LogP contribution in [0.5, 0.6) is 11.5 Å². The number of carbonyl (C=O) groups excluding carboxylic acids is 1. The van der Waals surface area contributed by atoms with Crippen molar-refractivity contribution < 1.29 is 18.7 Å². The summed E-state index contributed by atoms with van der Waals surface area (Å²) in [6.07, 6.45) is 0. The third-order valence-corrected chi connectivity index (χ3v) is 5.03. The van der Waals surface area contributed by atoms with Crippen molar-refractivity contribution in [1.29, 1.82) is 0 Å². The van der Waals surface area contributed by atoms with Gasteiger partial charge >= 0.3 is 0 Å². The molecule has 0 N–H and O–H groups in total. The summed E-state index contributed by atoms with van der Waals surface area (Å²) in [6.45, 7) is 0.542. The molecule has 0 spiro atoms. The molecule has 4 rings (SSSR count). The Labute approximate surface area is 171 Å². The smallest absolute Gasteiger partial charge is 0.259 e. The highest BCUT2D eigenvalue weighted by Gasteiger charge is 2.33. The summed E-state index contributed by atoms with van der Waals surface area (Å²) >= 11 is 6.28. The van der Waals surface area contributed by atoms with E-state index < -0.39 is 5.82 Å². The van der Waals surface area contributed by atoms with Gasteiger partial charge in [-0.05, 0) is 24.3 Å². The van der Waals surface area contributed by atoms with E-state index in [0.29, 0.717) is 23.7 Å². The van der Waals surface area contributed by atoms with Gasteiger partial charge in [0.2, 0.25) is 0 Å². The molecular weight excluding hydrogens is 397 g/mol. The maximum absolute atomic E-state index is 14.1. The van der Waals surface area contributed by atoms with Gasteiger partial charge in [-0.1, -0.05) is 23.7 Å². The van der Waals surface area contributed by atoms with Crippen molar-refractivity contribution in [2.75, 3.05) is 14.2 Å². The highest BCUT2D eigenvalue weighted by molar-refractivity contribution is 6.33. The Bertz CT molecular complexity index is 1110. The van der Waals surface area contributed by atoms with E-state index in [-0.39, 0.29) is 34.6 Å². The lowest BCUT2D eigenvalue weighted by Crippen LogP contribution is -2.23. The molecule has 1 amide bonds. The fourth-order valence-electron chi connectivity index (χ4n) is 3.29. The van der Waals surface area contributed by atoms with Gasteiger partial charge in [0.05, 0.1) is 38.6 Å². The number of hydrogen-bond acceptors (Lipinski definition) is 5. The molecule has 0 atom stereocenters. The minimum absolute atomic E-state index is 0.0162. The summed E-state index contributed by atoms with van der Waals surface area (Å²) in [5.74, 6) is 0.696. The first-order chi connectivity index (χ1) is 14.0. The summed E-state index contributed by atoms with van der Waals surface area (Å²) in [5.41, 5.74) is 1.77. The van der Waals surface area contributed by atoms with E-state index >= 15 is 0 Å². The summed E-state index contributed by atoms with van der Waals surface area (Å²) in [6, 6.07) is 11.6. The lowest BCUT2D eigenvalue weighted by molar-refractivity contribution is 0.0765. The fraction of sp³-hybridized carbons (Fsp3) is 0.190. The molecule has 2 aromatic carbocycles. The van der Waals surface area contributed by atoms with Crippen LogP contribution in [-0.4, -0.2) is 35.0 Å². The molecule has 6 nitrogen and oxygen atoms in total. The highest BCUT2D eigenvalue weighted by Crippen LogP contribution is 2.33. The Morgan fingerprint density at radius 1 is 1.14 bits per heavy atom. The Morgan fingerprint density at radius 2 is 1.93 bits per heavy atom. The van der Waals surface area contributed by atoms with Crippen LogP contribution >= 0.6 is 11.6 Å². The van der Waals surface area contributed by atoms with Crippen molar-refractivity contribution in [3.8, 4) is 22.9 Å². The Morgan fingerprint density at radius 3 is 2.66 bits per heavy atom. The third-order valence-electron chi connectivity index (χ3n) is 4.75. The normalized spacial score (nSPS) is 12.8. The van der Waals surface area contributed by atoms with Crippen LogP contribution in [0.1, 0.15) is 21.6 Å². The molecule has 2 heterocycles. The number of benzene rings is 2. The summed E-state index contributed by atoms with van der Waals surface area (Å²) < 4.78 is 24.7. The van der Waals surface area contributed by atoms with Gasteiger partial charge in [0.25, 0.3) is 5.91 Å². The maximum atomic E-state index is 14.1. The number of halogens is 2. The zero-order valence-electron chi connectivity index (χ0n) is 15.8. The third kappa shape index (κ3) is 3.49. The van der Waals surface area contributed by atoms with Crippen molar-refractivity contribution in [2.45, 2.75) is 13.1 Å². The lowest BCUT2D eigenvalue weighted by atomic mass is 10.1. The molecule has 0 aliphatic carbocycles. The predicted octanol–water partition coefficient (Wildman–Crippen LogP) is 4.11. The molecule has 8 heteroatoms. The number of rotatable bonds is 5. The molecule has 0 saturated carbocycles. The Hall–Kier alpha value is -3.19. The average Bonchev–Trinajstić information content (AvgIpc) is 3.04. The van der Waals surface area contributed by atoms with E-state index in [1.54, 1.807) is 49.5 Å². The Kier molecular flexibility index (Phi) is 5.07. The molecule has 0 fully saturated rings. The number of methoxy groups -OCH3 is 2. The molecule has 1 aromatic heterocycles. The fourth-order valence-corrected chi connectivity index (χ4v) is 3.56. The molecule has 0 saturated heterocycles. The maximum Gasteiger partial charge on any atom is 0.259 e. The number of amides is 1. The van der Waals surface area contributed by atoms with Crippen molar-refractivity contribution >= 4 is 17.5 Å². The molecule has 148 valence electrons. The van der Waals surface area contributed by atoms with Gasteiger partial charge in [0.1, 0.15) is 28.0 Å². The van der Waals surface area contributed by atoms with Gasteiger partial charge in [0.15, 0.2) is 5.82 Å². The van der Waals surface area contributed by atoms with E-state index in [0.717, 1.165) is 5.56 Å². The Balaban J connectivity index is 1.65. The van der Waals surface area contributed by atoms with Crippen LogP contribution in [0.15, 0.2) is 42.5 Å². The topological polar surface area (TPSA) is 64.5 Å². The molecule has 1 aliphatic heterocycles. The standard InChI is InChI=1S/C21H17ClFN3O3/c1-28-13-8-7-12(17(9-13)29-2)10-26-11-16-18(21(26)27)19(22)25-20(24-16)14-5-3-4-6-15(14)23/h3-9H,10-11H2,1-2H3. The van der Waals surface area contributed by atoms with Gasteiger partial charge in [-0.15, -0.1) is 0 Å². The number of fused-ring (bicyclic) bond motifs is 1. The zero-order chi connectivity index (χ0) is 20.5. The highest BCUT2D eigenvalue weighted by atomic mass is 35.5. The van der Waals surface area contributed by atoms with Gasteiger partial charge < -0.3 is 14.4 Å². The SMILES string of the molecule is COc1ccc(CN2Cc3nc(-c4ccccc4F)nc(Cl)c3C2=O)c(OC)c1. The van der Waals surface area contributed by atoms with E-state index in [1.165, 1.54) is 6.07 Å². The quantitative estimate of drug-likeness (QED) is 0.589. The van der Waals surface area contributed by atoms with Gasteiger partial charge in [-0.2, -0.15) is 0 Å². The second-order valence-corrected chi connectivity index (χ2v) is 6.84. The van der Waals surface area contributed by atoms with Crippen LogP contribution < -0.4 is 9.47 Å². The largest absolute Gasteiger partial charge is 0.497 e. The predicted molar refractivity (Wildman–Crippen MR) is 106 cm³/mol. The average molecular weight is 414 g/mol. The molecule has 3 aromatic rings. The van der Waals surface area contributed by atoms with Crippen molar-refractivity contribution in [3.63, 3.8) is 0 Å². The van der Waals surface area contributed by atoms with Crippen LogP contribution in [0.3, 0.4) is 0 Å². The van der Waals surface area contributed by atoms with Crippen molar-refractivity contribution in [3.05, 3.63) is 70.3 Å². The van der Waals surface area contributed by atoms with Crippen molar-refractivity contribution in [2.24, 2.45) is 0 Å². The second kappa shape index (κ2) is 7.67. The number of ether oxygens (including phenoxy) is 2. The van der Waals surface area contributed by atoms with Gasteiger partial charge in [-0.25, -0.2) is 14.4 Å². The van der Waals surface area contributed by atoms with Crippen LogP contribution in [0, 0.1) is 5.82 Å². The van der Waals surface area contributed by atoms with E-state index in [1.807, 2.05) is 6.07 Å². The molecule has 0 radical (unpaired) electrons. The number of nitrogens with zero attached hydrogens (tertiary/aromatic N) is 3. The summed E-state index contributed by atoms with van der Waals surface area (Å²) in [4.78, 5) is 23.0. The molecule has 1 aliphatic rings. The summed E-state index contributed by atoms with van der Waals surface area (Å²) in [7, 11) is 3.13. The van der Waals surface area contributed by atoms with E-state index in [4.69, 9.17) is 21.1 Å². The van der Waals surface area contributed by atoms with E-state index in [9.17, 15) is 9.18 Å². The first kappa shape index (κ1) is 19.1. The minimum Gasteiger partial charge on any atom is -0.497 e. The summed E-state index contributed by atoms with van der Waals surface area (Å²) in [5, 5.41) is 0.0162. The van der Waals surface area contributed by atoms with Crippen molar-refractivity contribution in [1.82, 2.24) is 14.9 Å². The molecule has 29 heavy (non-hydrogen) atoms. The monoisotopic (exact) mass is 413 g/mol. The minimum atomic E-state index is -0.451. The first-order valence-electron chi connectivity index (χ1n) is 8.83. The van der Waals surface area contributed by atoms with Gasteiger partial charge in [0, 0.05) is 11.6 Å². The zero-order valence-corrected chi connectivity index (χ0v) is 16.5. The first-order valence-corrected chi connectivity index (χ1v) is 9.21. The van der Waals surface area contributed by atoms with Gasteiger partial charge in [-0.3, -0.25) is 4.79 Å².